The summed E-state index contributed by atoms with van der Waals surface area (Å²) in [7, 11) is 0. The first kappa shape index (κ1) is 17.4. The van der Waals surface area contributed by atoms with Gasteiger partial charge in [0.1, 0.15) is 6.10 Å². The van der Waals surface area contributed by atoms with Crippen LogP contribution in [0, 0.1) is 18.8 Å². The first-order valence-electron chi connectivity index (χ1n) is 9.56. The fraction of sp³-hybridized carbons (Fsp3) is 0.524. The van der Waals surface area contributed by atoms with Gasteiger partial charge in [0.25, 0.3) is 0 Å². The largest absolute Gasteiger partial charge is 0.383 e. The second kappa shape index (κ2) is 6.63. The molecule has 5 nitrogen and oxygen atoms in total. The molecule has 2 heterocycles. The third-order valence-electron chi connectivity index (χ3n) is 5.80. The van der Waals surface area contributed by atoms with E-state index in [-0.39, 0.29) is 11.8 Å². The maximum atomic E-state index is 12.8. The van der Waals surface area contributed by atoms with Crippen molar-refractivity contribution in [3.63, 3.8) is 0 Å². The van der Waals surface area contributed by atoms with Gasteiger partial charge >= 0.3 is 0 Å². The Bertz CT molecular complexity index is 833. The molecule has 4 rings (SSSR count). The third-order valence-corrected chi connectivity index (χ3v) is 5.80. The summed E-state index contributed by atoms with van der Waals surface area (Å²) in [6, 6.07) is 8.21. The Morgan fingerprint density at radius 1 is 1.38 bits per heavy atom. The van der Waals surface area contributed by atoms with Crippen molar-refractivity contribution < 1.29 is 9.90 Å². The van der Waals surface area contributed by atoms with Crippen molar-refractivity contribution in [3.05, 3.63) is 41.6 Å². The number of nitrogens with one attached hydrogen (secondary N) is 2. The van der Waals surface area contributed by atoms with Crippen molar-refractivity contribution in [3.8, 4) is 0 Å². The van der Waals surface area contributed by atoms with Crippen molar-refractivity contribution in [2.45, 2.75) is 44.8 Å². The topological polar surface area (TPSA) is 74.2 Å². The number of hydrogen-bond donors (Lipinski definition) is 3. The lowest BCUT2D eigenvalue weighted by Crippen LogP contribution is -2.59. The molecule has 0 spiro atoms. The Morgan fingerprint density at radius 2 is 2.19 bits per heavy atom. The lowest BCUT2D eigenvalue weighted by Gasteiger charge is -2.42. The van der Waals surface area contributed by atoms with Crippen molar-refractivity contribution >= 4 is 16.8 Å². The first-order valence-corrected chi connectivity index (χ1v) is 9.56. The summed E-state index contributed by atoms with van der Waals surface area (Å²) in [5.41, 5.74) is 2.65. The van der Waals surface area contributed by atoms with Crippen LogP contribution >= 0.6 is 0 Å². The maximum absolute atomic E-state index is 12.8. The Kier molecular flexibility index (Phi) is 4.45. The highest BCUT2D eigenvalue weighted by molar-refractivity contribution is 5.88. The average Bonchev–Trinajstić information content (AvgIpc) is 3.46. The molecule has 1 saturated carbocycles. The molecule has 1 saturated heterocycles. The molecule has 1 aromatic heterocycles. The summed E-state index contributed by atoms with van der Waals surface area (Å²) in [4.78, 5) is 17.3. The molecule has 2 fully saturated rings. The lowest BCUT2D eigenvalue weighted by atomic mass is 9.77. The van der Waals surface area contributed by atoms with Crippen LogP contribution in [0.2, 0.25) is 0 Å². The van der Waals surface area contributed by atoms with Crippen LogP contribution in [-0.4, -0.2) is 35.2 Å². The number of fused-ring (bicyclic) bond motifs is 1. The van der Waals surface area contributed by atoms with Crippen LogP contribution in [-0.2, 0) is 10.3 Å². The number of rotatable bonds is 4. The van der Waals surface area contributed by atoms with E-state index in [4.69, 9.17) is 0 Å². The van der Waals surface area contributed by atoms with E-state index < -0.39 is 11.6 Å². The number of carbonyl (C=O) groups excluding carboxylic acids is 1. The average molecular weight is 353 g/mol. The van der Waals surface area contributed by atoms with Gasteiger partial charge in [-0.05, 0) is 61.8 Å². The van der Waals surface area contributed by atoms with Gasteiger partial charge in [0.2, 0.25) is 5.91 Å². The first-order chi connectivity index (χ1) is 12.5. The summed E-state index contributed by atoms with van der Waals surface area (Å²) in [6.45, 7) is 5.85. The van der Waals surface area contributed by atoms with Gasteiger partial charge in [-0.15, -0.1) is 0 Å². The summed E-state index contributed by atoms with van der Waals surface area (Å²) in [5.74, 6) is 0.300. The van der Waals surface area contributed by atoms with Gasteiger partial charge in [-0.1, -0.05) is 25.1 Å². The molecule has 138 valence electrons. The van der Waals surface area contributed by atoms with Crippen LogP contribution in [0.1, 0.15) is 37.3 Å². The fourth-order valence-corrected chi connectivity index (χ4v) is 4.31. The van der Waals surface area contributed by atoms with Crippen LogP contribution in [0.15, 0.2) is 30.5 Å². The number of benzene rings is 1. The molecule has 0 radical (unpaired) electrons. The van der Waals surface area contributed by atoms with Crippen LogP contribution in [0.25, 0.3) is 10.9 Å². The summed E-state index contributed by atoms with van der Waals surface area (Å²) in [5, 5.41) is 18.1. The normalized spacial score (nSPS) is 27.3. The van der Waals surface area contributed by atoms with Crippen molar-refractivity contribution in [2.24, 2.45) is 11.8 Å². The Morgan fingerprint density at radius 3 is 2.92 bits per heavy atom. The highest BCUT2D eigenvalue weighted by Gasteiger charge is 2.43. The quantitative estimate of drug-likeness (QED) is 0.788. The zero-order valence-electron chi connectivity index (χ0n) is 15.5. The number of piperidine rings is 1. The van der Waals surface area contributed by atoms with E-state index in [0.29, 0.717) is 12.5 Å². The van der Waals surface area contributed by atoms with Gasteiger partial charge < -0.3 is 15.7 Å². The second-order valence-corrected chi connectivity index (χ2v) is 8.12. The maximum Gasteiger partial charge on any atom is 0.249 e. The lowest BCUT2D eigenvalue weighted by molar-refractivity contribution is -0.133. The smallest absolute Gasteiger partial charge is 0.249 e. The number of aryl methyl sites for hydroxylation is 1. The van der Waals surface area contributed by atoms with Crippen molar-refractivity contribution in [2.75, 3.05) is 13.1 Å². The fourth-order valence-electron chi connectivity index (χ4n) is 4.31. The highest BCUT2D eigenvalue weighted by atomic mass is 16.3. The number of nitrogens with zero attached hydrogens (tertiary/aromatic N) is 1. The molecule has 1 aromatic carbocycles. The number of pyridine rings is 1. The predicted molar refractivity (Wildman–Crippen MR) is 102 cm³/mol. The minimum absolute atomic E-state index is 0.123. The van der Waals surface area contributed by atoms with Crippen LogP contribution < -0.4 is 10.6 Å². The minimum Gasteiger partial charge on any atom is -0.383 e. The second-order valence-electron chi connectivity index (χ2n) is 8.12. The number of hydrogen-bond acceptors (Lipinski definition) is 4. The zero-order valence-corrected chi connectivity index (χ0v) is 15.5. The molecule has 3 atom stereocenters. The van der Waals surface area contributed by atoms with Crippen molar-refractivity contribution in [1.82, 2.24) is 15.6 Å². The van der Waals surface area contributed by atoms with Gasteiger partial charge in [0.05, 0.1) is 11.1 Å². The van der Waals surface area contributed by atoms with E-state index in [0.717, 1.165) is 47.8 Å². The number of aliphatic hydroxyl groups is 1. The van der Waals surface area contributed by atoms with Gasteiger partial charge in [-0.3, -0.25) is 9.78 Å². The number of amides is 1. The Hall–Kier alpha value is -1.98. The molecule has 3 N–H and O–H groups in total. The molecular weight excluding hydrogens is 326 g/mol. The van der Waals surface area contributed by atoms with Crippen molar-refractivity contribution in [1.29, 1.82) is 0 Å². The number of aromatic nitrogens is 1. The third kappa shape index (κ3) is 3.10. The molecule has 1 unspecified atom stereocenters. The SMILES string of the molecule is Cc1ccc([C@@]2(NC(=O)C(O)C3CC3)CNC[C@@H](C)C2)c2cccnc12. The molecule has 5 heteroatoms. The highest BCUT2D eigenvalue weighted by Crippen LogP contribution is 2.37. The predicted octanol–water partition coefficient (Wildman–Crippen LogP) is 2.26. The Labute approximate surface area is 154 Å². The van der Waals surface area contributed by atoms with E-state index >= 15 is 0 Å². The molecule has 1 aliphatic heterocycles. The van der Waals surface area contributed by atoms with E-state index in [1.807, 2.05) is 12.3 Å². The molecule has 1 amide bonds. The molecule has 1 aliphatic carbocycles. The zero-order chi connectivity index (χ0) is 18.3. The summed E-state index contributed by atoms with van der Waals surface area (Å²) < 4.78 is 0. The van der Waals surface area contributed by atoms with E-state index in [2.05, 4.69) is 47.7 Å². The van der Waals surface area contributed by atoms with Gasteiger partial charge in [0, 0.05) is 18.1 Å². The molecule has 2 aromatic rings. The van der Waals surface area contributed by atoms with E-state index in [1.54, 1.807) is 0 Å². The van der Waals surface area contributed by atoms with Crippen LogP contribution in [0.4, 0.5) is 0 Å². The number of carbonyl (C=O) groups is 1. The summed E-state index contributed by atoms with van der Waals surface area (Å²) in [6.07, 6.45) is 3.62. The molecule has 2 aliphatic rings. The molecule has 26 heavy (non-hydrogen) atoms. The van der Waals surface area contributed by atoms with E-state index in [1.165, 1.54) is 0 Å². The van der Waals surface area contributed by atoms with E-state index in [9.17, 15) is 9.90 Å². The van der Waals surface area contributed by atoms with Gasteiger partial charge in [0.15, 0.2) is 0 Å². The monoisotopic (exact) mass is 353 g/mol. The standard InChI is InChI=1S/C21H27N3O2/c1-13-10-21(12-22-11-13,24-20(26)19(25)15-6-7-15)17-8-5-14(2)18-16(17)4-3-9-23-18/h3-5,8-9,13,15,19,22,25H,6-7,10-12H2,1-2H3,(H,24,26)/t13-,19?,21-/m0/s1. The molecule has 0 bridgehead atoms. The number of aliphatic hydroxyl groups excluding tert-OH is 1. The minimum atomic E-state index is -0.904. The molecular formula is C21H27N3O2. The van der Waals surface area contributed by atoms with Crippen LogP contribution in [0.5, 0.6) is 0 Å². The van der Waals surface area contributed by atoms with Gasteiger partial charge in [-0.2, -0.15) is 0 Å². The summed E-state index contributed by atoms with van der Waals surface area (Å²) >= 11 is 0. The van der Waals surface area contributed by atoms with Crippen LogP contribution in [0.3, 0.4) is 0 Å². The Balaban J connectivity index is 1.78. The van der Waals surface area contributed by atoms with Gasteiger partial charge in [-0.25, -0.2) is 0 Å².